The Hall–Kier alpha value is -1.59. The standard InChI is InChI=1S/C14H19NO4/c1-10-13(5-7-18-10)15-6-8-19-12-4-2-3-11(9-12)14(16)17/h2-4,9-10,13,15H,5-8H2,1H3,(H,16,17). The number of aromatic carboxylic acids is 1. The molecule has 2 rings (SSSR count). The van der Waals surface area contributed by atoms with Gasteiger partial charge in [0.15, 0.2) is 0 Å². The van der Waals surface area contributed by atoms with Crippen molar-refractivity contribution in [2.45, 2.75) is 25.5 Å². The van der Waals surface area contributed by atoms with Crippen molar-refractivity contribution in [3.8, 4) is 5.75 Å². The minimum atomic E-state index is -0.944. The molecule has 5 heteroatoms. The number of hydrogen-bond donors (Lipinski definition) is 2. The first-order valence-corrected chi connectivity index (χ1v) is 6.48. The fourth-order valence-corrected chi connectivity index (χ4v) is 2.13. The minimum absolute atomic E-state index is 0.239. The van der Waals surface area contributed by atoms with E-state index in [2.05, 4.69) is 12.2 Å². The third-order valence-electron chi connectivity index (χ3n) is 3.23. The maximum absolute atomic E-state index is 10.8. The van der Waals surface area contributed by atoms with Crippen LogP contribution in [0.5, 0.6) is 5.75 Å². The molecule has 1 aliphatic heterocycles. The summed E-state index contributed by atoms with van der Waals surface area (Å²) in [7, 11) is 0. The first kappa shape index (κ1) is 13.8. The lowest BCUT2D eigenvalue weighted by atomic mass is 10.1. The molecule has 2 N–H and O–H groups in total. The van der Waals surface area contributed by atoms with E-state index in [1.165, 1.54) is 6.07 Å². The van der Waals surface area contributed by atoms with Gasteiger partial charge < -0.3 is 19.9 Å². The molecule has 2 atom stereocenters. The summed E-state index contributed by atoms with van der Waals surface area (Å²) >= 11 is 0. The number of carboxylic acids is 1. The molecule has 0 spiro atoms. The van der Waals surface area contributed by atoms with Gasteiger partial charge in [0.2, 0.25) is 0 Å². The van der Waals surface area contributed by atoms with Gasteiger partial charge in [-0.05, 0) is 31.5 Å². The Kier molecular flexibility index (Phi) is 4.76. The van der Waals surface area contributed by atoms with Crippen LogP contribution in [0.4, 0.5) is 0 Å². The Morgan fingerprint density at radius 3 is 3.11 bits per heavy atom. The second kappa shape index (κ2) is 6.54. The third kappa shape index (κ3) is 3.94. The Balaban J connectivity index is 1.73. The van der Waals surface area contributed by atoms with Crippen molar-refractivity contribution in [2.75, 3.05) is 19.8 Å². The van der Waals surface area contributed by atoms with Crippen molar-refractivity contribution < 1.29 is 19.4 Å². The van der Waals surface area contributed by atoms with Gasteiger partial charge in [-0.3, -0.25) is 0 Å². The van der Waals surface area contributed by atoms with Crippen LogP contribution in [0.3, 0.4) is 0 Å². The van der Waals surface area contributed by atoms with Gasteiger partial charge >= 0.3 is 5.97 Å². The lowest BCUT2D eigenvalue weighted by molar-refractivity contribution is 0.0696. The Morgan fingerprint density at radius 1 is 1.58 bits per heavy atom. The van der Waals surface area contributed by atoms with E-state index in [0.29, 0.717) is 18.4 Å². The highest BCUT2D eigenvalue weighted by Crippen LogP contribution is 2.14. The lowest BCUT2D eigenvalue weighted by Gasteiger charge is -2.16. The molecule has 1 aromatic rings. The Morgan fingerprint density at radius 2 is 2.42 bits per heavy atom. The molecule has 19 heavy (non-hydrogen) atoms. The summed E-state index contributed by atoms with van der Waals surface area (Å²) in [5.41, 5.74) is 0.239. The van der Waals surface area contributed by atoms with Gasteiger partial charge in [0, 0.05) is 19.2 Å². The Labute approximate surface area is 112 Å². The van der Waals surface area contributed by atoms with Crippen molar-refractivity contribution in [1.29, 1.82) is 0 Å². The van der Waals surface area contributed by atoms with Crippen LogP contribution in [0.25, 0.3) is 0 Å². The van der Waals surface area contributed by atoms with Gasteiger partial charge in [-0.25, -0.2) is 4.79 Å². The summed E-state index contributed by atoms with van der Waals surface area (Å²) in [5.74, 6) is -0.363. The average Bonchev–Trinajstić information content (AvgIpc) is 2.81. The number of hydrogen-bond acceptors (Lipinski definition) is 4. The number of rotatable bonds is 6. The molecule has 0 bridgehead atoms. The van der Waals surface area contributed by atoms with Gasteiger partial charge in [-0.1, -0.05) is 6.07 Å². The van der Waals surface area contributed by atoms with Crippen molar-refractivity contribution >= 4 is 5.97 Å². The molecule has 1 aliphatic rings. The quantitative estimate of drug-likeness (QED) is 0.763. The van der Waals surface area contributed by atoms with Crippen LogP contribution < -0.4 is 10.1 Å². The Bertz CT molecular complexity index is 435. The van der Waals surface area contributed by atoms with Crippen molar-refractivity contribution in [1.82, 2.24) is 5.32 Å². The SMILES string of the molecule is CC1OCCC1NCCOc1cccc(C(=O)O)c1. The van der Waals surface area contributed by atoms with Crippen LogP contribution in [0.2, 0.25) is 0 Å². The molecule has 1 saturated heterocycles. The van der Waals surface area contributed by atoms with Gasteiger partial charge in [0.1, 0.15) is 12.4 Å². The summed E-state index contributed by atoms with van der Waals surface area (Å²) in [6.45, 7) is 4.09. The predicted molar refractivity (Wildman–Crippen MR) is 70.7 cm³/mol. The number of carboxylic acid groups (broad SMARTS) is 1. The number of carbonyl (C=O) groups is 1. The molecular weight excluding hydrogens is 246 g/mol. The highest BCUT2D eigenvalue weighted by Gasteiger charge is 2.22. The lowest BCUT2D eigenvalue weighted by Crippen LogP contribution is -2.37. The molecule has 0 aromatic heterocycles. The number of ether oxygens (including phenoxy) is 2. The largest absolute Gasteiger partial charge is 0.492 e. The van der Waals surface area contributed by atoms with E-state index in [4.69, 9.17) is 14.6 Å². The maximum Gasteiger partial charge on any atom is 0.335 e. The van der Waals surface area contributed by atoms with Crippen LogP contribution >= 0.6 is 0 Å². The van der Waals surface area contributed by atoms with Crippen LogP contribution in [-0.2, 0) is 4.74 Å². The normalized spacial score (nSPS) is 22.4. The summed E-state index contributed by atoms with van der Waals surface area (Å²) in [4.78, 5) is 10.8. The van der Waals surface area contributed by atoms with E-state index >= 15 is 0 Å². The predicted octanol–water partition coefficient (Wildman–Crippen LogP) is 1.53. The van der Waals surface area contributed by atoms with E-state index in [0.717, 1.165) is 19.6 Å². The molecule has 0 amide bonds. The number of benzene rings is 1. The van der Waals surface area contributed by atoms with E-state index in [1.807, 2.05) is 0 Å². The molecule has 0 aliphatic carbocycles. The summed E-state index contributed by atoms with van der Waals surface area (Å²) in [6, 6.07) is 6.90. The average molecular weight is 265 g/mol. The van der Waals surface area contributed by atoms with Gasteiger partial charge in [0.05, 0.1) is 11.7 Å². The second-order valence-corrected chi connectivity index (χ2v) is 4.61. The summed E-state index contributed by atoms with van der Waals surface area (Å²) in [5, 5.41) is 12.2. The molecule has 1 aromatic carbocycles. The van der Waals surface area contributed by atoms with E-state index < -0.39 is 5.97 Å². The molecule has 1 heterocycles. The van der Waals surface area contributed by atoms with Crippen molar-refractivity contribution in [2.24, 2.45) is 0 Å². The highest BCUT2D eigenvalue weighted by molar-refractivity contribution is 5.87. The maximum atomic E-state index is 10.8. The zero-order valence-corrected chi connectivity index (χ0v) is 11.0. The molecule has 104 valence electrons. The molecule has 2 unspecified atom stereocenters. The van der Waals surface area contributed by atoms with Gasteiger partial charge in [0.25, 0.3) is 0 Å². The smallest absolute Gasteiger partial charge is 0.335 e. The zero-order valence-electron chi connectivity index (χ0n) is 11.0. The number of nitrogens with one attached hydrogen (secondary N) is 1. The molecular formula is C14H19NO4. The molecule has 1 fully saturated rings. The first-order valence-electron chi connectivity index (χ1n) is 6.48. The summed E-state index contributed by atoms with van der Waals surface area (Å²) in [6.07, 6.45) is 1.27. The first-order chi connectivity index (χ1) is 9.16. The highest BCUT2D eigenvalue weighted by atomic mass is 16.5. The van der Waals surface area contributed by atoms with Crippen LogP contribution in [0.1, 0.15) is 23.7 Å². The van der Waals surface area contributed by atoms with Crippen LogP contribution in [0, 0.1) is 0 Å². The molecule has 5 nitrogen and oxygen atoms in total. The monoisotopic (exact) mass is 265 g/mol. The van der Waals surface area contributed by atoms with Gasteiger partial charge in [-0.15, -0.1) is 0 Å². The second-order valence-electron chi connectivity index (χ2n) is 4.61. The van der Waals surface area contributed by atoms with Crippen LogP contribution in [0.15, 0.2) is 24.3 Å². The van der Waals surface area contributed by atoms with E-state index in [-0.39, 0.29) is 11.7 Å². The zero-order chi connectivity index (χ0) is 13.7. The summed E-state index contributed by atoms with van der Waals surface area (Å²) < 4.78 is 11.0. The molecule has 0 radical (unpaired) electrons. The third-order valence-corrected chi connectivity index (χ3v) is 3.23. The van der Waals surface area contributed by atoms with Gasteiger partial charge in [-0.2, -0.15) is 0 Å². The molecule has 0 saturated carbocycles. The van der Waals surface area contributed by atoms with Crippen molar-refractivity contribution in [3.63, 3.8) is 0 Å². The fraction of sp³-hybridized carbons (Fsp3) is 0.500. The fourth-order valence-electron chi connectivity index (χ4n) is 2.13. The van der Waals surface area contributed by atoms with E-state index in [1.54, 1.807) is 18.2 Å². The van der Waals surface area contributed by atoms with Crippen LogP contribution in [-0.4, -0.2) is 43.0 Å². The topological polar surface area (TPSA) is 67.8 Å². The van der Waals surface area contributed by atoms with E-state index in [9.17, 15) is 4.79 Å². The minimum Gasteiger partial charge on any atom is -0.492 e. The van der Waals surface area contributed by atoms with Crippen molar-refractivity contribution in [3.05, 3.63) is 29.8 Å².